The van der Waals surface area contributed by atoms with E-state index in [0.717, 1.165) is 0 Å². The third-order valence-electron chi connectivity index (χ3n) is 2.56. The quantitative estimate of drug-likeness (QED) is 0.352. The SMILES string of the molecule is CC(C(=O)NN)C(C)n1ccc(C(N)=O)n1. The molecule has 0 aliphatic carbocycles. The predicted octanol–water partition coefficient (Wildman–Crippen LogP) is -0.831. The fraction of sp³-hybridized carbons (Fsp3) is 0.444. The van der Waals surface area contributed by atoms with Crippen molar-refractivity contribution in [2.45, 2.75) is 19.9 Å². The van der Waals surface area contributed by atoms with Gasteiger partial charge in [-0.25, -0.2) is 5.84 Å². The van der Waals surface area contributed by atoms with Crippen LogP contribution in [0, 0.1) is 5.92 Å². The second kappa shape index (κ2) is 4.75. The number of carbonyl (C=O) groups is 2. The maximum absolute atomic E-state index is 11.3. The molecule has 0 aromatic carbocycles. The molecule has 1 heterocycles. The van der Waals surface area contributed by atoms with Gasteiger partial charge in [-0.1, -0.05) is 6.92 Å². The molecule has 88 valence electrons. The second-order valence-electron chi connectivity index (χ2n) is 3.58. The molecule has 1 aromatic heterocycles. The van der Waals surface area contributed by atoms with Crippen LogP contribution >= 0.6 is 0 Å². The minimum atomic E-state index is -0.595. The lowest BCUT2D eigenvalue weighted by Crippen LogP contribution is -2.38. The Morgan fingerprint density at radius 1 is 1.50 bits per heavy atom. The lowest BCUT2D eigenvalue weighted by Gasteiger charge is -2.18. The molecule has 7 heteroatoms. The number of hydrogen-bond acceptors (Lipinski definition) is 4. The minimum absolute atomic E-state index is 0.173. The smallest absolute Gasteiger partial charge is 0.269 e. The maximum atomic E-state index is 11.3. The number of aromatic nitrogens is 2. The van der Waals surface area contributed by atoms with Gasteiger partial charge in [0, 0.05) is 6.20 Å². The van der Waals surface area contributed by atoms with Gasteiger partial charge in [-0.15, -0.1) is 0 Å². The fourth-order valence-corrected chi connectivity index (χ4v) is 1.28. The Morgan fingerprint density at radius 2 is 2.12 bits per heavy atom. The van der Waals surface area contributed by atoms with Crippen molar-refractivity contribution < 1.29 is 9.59 Å². The van der Waals surface area contributed by atoms with Gasteiger partial charge < -0.3 is 5.73 Å². The molecule has 2 amide bonds. The number of primary amides is 1. The van der Waals surface area contributed by atoms with E-state index in [1.807, 2.05) is 0 Å². The zero-order valence-corrected chi connectivity index (χ0v) is 9.18. The summed E-state index contributed by atoms with van der Waals surface area (Å²) >= 11 is 0. The number of hydrazine groups is 1. The molecule has 0 spiro atoms. The van der Waals surface area contributed by atoms with E-state index in [1.165, 1.54) is 10.7 Å². The van der Waals surface area contributed by atoms with Crippen molar-refractivity contribution in [3.63, 3.8) is 0 Å². The number of carbonyl (C=O) groups excluding carboxylic acids is 2. The van der Waals surface area contributed by atoms with E-state index >= 15 is 0 Å². The van der Waals surface area contributed by atoms with Crippen LogP contribution in [0.1, 0.15) is 30.4 Å². The Balaban J connectivity index is 2.83. The van der Waals surface area contributed by atoms with E-state index < -0.39 is 5.91 Å². The highest BCUT2D eigenvalue weighted by Crippen LogP contribution is 2.16. The van der Waals surface area contributed by atoms with Gasteiger partial charge in [0.25, 0.3) is 5.91 Å². The van der Waals surface area contributed by atoms with Crippen molar-refractivity contribution in [3.05, 3.63) is 18.0 Å². The standard InChI is InChI=1S/C9H15N5O2/c1-5(9(16)12-11)6(2)14-4-3-7(13-14)8(10)15/h3-6H,11H2,1-2H3,(H2,10,15)(H,12,16). The summed E-state index contributed by atoms with van der Waals surface area (Å²) in [7, 11) is 0. The normalized spacial score (nSPS) is 14.2. The number of nitrogens with two attached hydrogens (primary N) is 2. The first-order chi connectivity index (χ1) is 7.47. The zero-order chi connectivity index (χ0) is 12.3. The largest absolute Gasteiger partial charge is 0.364 e. The topological polar surface area (TPSA) is 116 Å². The second-order valence-corrected chi connectivity index (χ2v) is 3.58. The summed E-state index contributed by atoms with van der Waals surface area (Å²) in [5, 5.41) is 3.97. The van der Waals surface area contributed by atoms with E-state index in [9.17, 15) is 9.59 Å². The van der Waals surface area contributed by atoms with Crippen molar-refractivity contribution in [3.8, 4) is 0 Å². The lowest BCUT2D eigenvalue weighted by molar-refractivity contribution is -0.125. The molecule has 0 saturated carbocycles. The van der Waals surface area contributed by atoms with Crippen LogP contribution in [-0.2, 0) is 4.79 Å². The van der Waals surface area contributed by atoms with Crippen molar-refractivity contribution in [1.82, 2.24) is 15.2 Å². The summed E-state index contributed by atoms with van der Waals surface area (Å²) in [5.41, 5.74) is 7.32. The maximum Gasteiger partial charge on any atom is 0.269 e. The third kappa shape index (κ3) is 2.37. The van der Waals surface area contributed by atoms with Crippen LogP contribution in [0.4, 0.5) is 0 Å². The summed E-state index contributed by atoms with van der Waals surface area (Å²) in [4.78, 5) is 22.1. The van der Waals surface area contributed by atoms with Gasteiger partial charge in [0.15, 0.2) is 0 Å². The molecule has 16 heavy (non-hydrogen) atoms. The molecule has 0 aliphatic heterocycles. The summed E-state index contributed by atoms with van der Waals surface area (Å²) in [6.07, 6.45) is 1.60. The Hall–Kier alpha value is -1.89. The van der Waals surface area contributed by atoms with Crippen LogP contribution in [0.5, 0.6) is 0 Å². The number of nitrogens with zero attached hydrogens (tertiary/aromatic N) is 2. The Bertz CT molecular complexity index is 400. The summed E-state index contributed by atoms with van der Waals surface area (Å²) in [5.74, 6) is 3.80. The molecular formula is C9H15N5O2. The molecule has 2 unspecified atom stereocenters. The summed E-state index contributed by atoms with van der Waals surface area (Å²) in [6.45, 7) is 3.52. The molecule has 0 radical (unpaired) electrons. The van der Waals surface area contributed by atoms with E-state index in [2.05, 4.69) is 10.5 Å². The first-order valence-electron chi connectivity index (χ1n) is 4.82. The van der Waals surface area contributed by atoms with E-state index in [1.54, 1.807) is 20.0 Å². The van der Waals surface area contributed by atoms with Crippen LogP contribution < -0.4 is 17.0 Å². The predicted molar refractivity (Wildman–Crippen MR) is 57.0 cm³/mol. The minimum Gasteiger partial charge on any atom is -0.364 e. The summed E-state index contributed by atoms with van der Waals surface area (Å²) < 4.78 is 1.51. The molecule has 7 nitrogen and oxygen atoms in total. The van der Waals surface area contributed by atoms with Gasteiger partial charge in [-0.3, -0.25) is 19.7 Å². The van der Waals surface area contributed by atoms with Crippen LogP contribution in [0.3, 0.4) is 0 Å². The molecule has 0 bridgehead atoms. The van der Waals surface area contributed by atoms with Crippen molar-refractivity contribution in [2.75, 3.05) is 0 Å². The van der Waals surface area contributed by atoms with Crippen molar-refractivity contribution in [2.24, 2.45) is 17.5 Å². The van der Waals surface area contributed by atoms with Gasteiger partial charge in [-0.2, -0.15) is 5.10 Å². The van der Waals surface area contributed by atoms with Crippen LogP contribution in [0.15, 0.2) is 12.3 Å². The average Bonchev–Trinajstić information content (AvgIpc) is 2.75. The van der Waals surface area contributed by atoms with Gasteiger partial charge in [0.2, 0.25) is 5.91 Å². The number of nitrogens with one attached hydrogen (secondary N) is 1. The van der Waals surface area contributed by atoms with Gasteiger partial charge >= 0.3 is 0 Å². The molecule has 0 fully saturated rings. The monoisotopic (exact) mass is 225 g/mol. The zero-order valence-electron chi connectivity index (χ0n) is 9.18. The molecule has 5 N–H and O–H groups in total. The Morgan fingerprint density at radius 3 is 2.56 bits per heavy atom. The highest BCUT2D eigenvalue weighted by atomic mass is 16.2. The van der Waals surface area contributed by atoms with E-state index in [0.29, 0.717) is 0 Å². The van der Waals surface area contributed by atoms with Crippen molar-refractivity contribution in [1.29, 1.82) is 0 Å². The van der Waals surface area contributed by atoms with Crippen LogP contribution in [-0.4, -0.2) is 21.6 Å². The van der Waals surface area contributed by atoms with Gasteiger partial charge in [0.05, 0.1) is 12.0 Å². The van der Waals surface area contributed by atoms with Gasteiger partial charge in [-0.05, 0) is 13.0 Å². The number of hydrogen-bond donors (Lipinski definition) is 3. The molecule has 1 rings (SSSR count). The molecule has 1 aromatic rings. The fourth-order valence-electron chi connectivity index (χ4n) is 1.28. The van der Waals surface area contributed by atoms with Gasteiger partial charge in [0.1, 0.15) is 5.69 Å². The first kappa shape index (κ1) is 12.2. The highest BCUT2D eigenvalue weighted by Gasteiger charge is 2.22. The third-order valence-corrected chi connectivity index (χ3v) is 2.56. The number of amides is 2. The summed E-state index contributed by atoms with van der Waals surface area (Å²) in [6, 6.07) is 1.29. The molecule has 0 saturated heterocycles. The molecule has 2 atom stereocenters. The Labute approximate surface area is 92.8 Å². The van der Waals surface area contributed by atoms with Crippen LogP contribution in [0.25, 0.3) is 0 Å². The lowest BCUT2D eigenvalue weighted by atomic mass is 10.0. The molecular weight excluding hydrogens is 210 g/mol. The Kier molecular flexibility index (Phi) is 3.62. The van der Waals surface area contributed by atoms with E-state index in [4.69, 9.17) is 11.6 Å². The molecule has 0 aliphatic rings. The average molecular weight is 225 g/mol. The van der Waals surface area contributed by atoms with Crippen LogP contribution in [0.2, 0.25) is 0 Å². The van der Waals surface area contributed by atoms with Crippen molar-refractivity contribution >= 4 is 11.8 Å². The number of rotatable bonds is 4. The van der Waals surface area contributed by atoms with E-state index in [-0.39, 0.29) is 23.6 Å². The first-order valence-corrected chi connectivity index (χ1v) is 4.82. The highest BCUT2D eigenvalue weighted by molar-refractivity contribution is 5.90.